The minimum absolute atomic E-state index is 0.508. The fraction of sp³-hybridized carbons (Fsp3) is 0.167. The number of hydrogen-bond donors (Lipinski definition) is 0. The summed E-state index contributed by atoms with van der Waals surface area (Å²) in [7, 11) is 0. The fourth-order valence-electron chi connectivity index (χ4n) is 3.73. The summed E-state index contributed by atoms with van der Waals surface area (Å²) in [5.41, 5.74) is 4.31. The molecule has 0 amide bonds. The van der Waals surface area contributed by atoms with Crippen LogP contribution >= 0.6 is 0 Å². The van der Waals surface area contributed by atoms with Gasteiger partial charge in [-0.1, -0.05) is 80.6 Å². The van der Waals surface area contributed by atoms with Crippen molar-refractivity contribution >= 4 is 21.5 Å². The molecule has 0 N–H and O–H groups in total. The molecule has 0 fully saturated rings. The van der Waals surface area contributed by atoms with Gasteiger partial charge in [0.05, 0.1) is 0 Å². The third-order valence-electron chi connectivity index (χ3n) is 4.83. The van der Waals surface area contributed by atoms with Crippen molar-refractivity contribution in [3.8, 4) is 0 Å². The first-order valence-corrected chi connectivity index (χ1v) is 8.70. The maximum absolute atomic E-state index is 2.37. The molecule has 0 saturated carbocycles. The van der Waals surface area contributed by atoms with Crippen LogP contribution in [0, 0.1) is 0 Å². The lowest BCUT2D eigenvalue weighted by molar-refractivity contribution is 0.859. The molecule has 0 aromatic heterocycles. The Bertz CT molecular complexity index is 994. The molecule has 0 aliphatic heterocycles. The van der Waals surface area contributed by atoms with Crippen LogP contribution < -0.4 is 0 Å². The number of benzene rings is 4. The standard InChI is InChI=1S/C24H22/c1-17(2)24-22(14-18-8-4-3-5-9-18)13-12-21-15-19-10-6-7-11-20(19)16-23(21)24/h3-13,15-17H,14H2,1-2H3. The Labute approximate surface area is 143 Å². The summed E-state index contributed by atoms with van der Waals surface area (Å²) in [6, 6.07) is 28.7. The summed E-state index contributed by atoms with van der Waals surface area (Å²) >= 11 is 0. The summed E-state index contributed by atoms with van der Waals surface area (Å²) in [6.07, 6.45) is 0.997. The quantitative estimate of drug-likeness (QED) is 0.369. The van der Waals surface area contributed by atoms with Crippen LogP contribution in [0.1, 0.15) is 36.5 Å². The lowest BCUT2D eigenvalue weighted by Gasteiger charge is -2.17. The van der Waals surface area contributed by atoms with E-state index >= 15 is 0 Å². The largest absolute Gasteiger partial charge is 0.0622 e. The Hall–Kier alpha value is -2.60. The van der Waals surface area contributed by atoms with Crippen molar-refractivity contribution in [3.05, 3.63) is 95.6 Å². The average Bonchev–Trinajstić information content (AvgIpc) is 2.60. The topological polar surface area (TPSA) is 0 Å². The molecule has 4 aromatic rings. The van der Waals surface area contributed by atoms with Gasteiger partial charge in [-0.2, -0.15) is 0 Å². The van der Waals surface area contributed by atoms with Crippen LogP contribution in [-0.4, -0.2) is 0 Å². The van der Waals surface area contributed by atoms with Gasteiger partial charge in [-0.25, -0.2) is 0 Å². The number of rotatable bonds is 3. The van der Waals surface area contributed by atoms with Crippen molar-refractivity contribution < 1.29 is 0 Å². The van der Waals surface area contributed by atoms with Gasteiger partial charge in [-0.15, -0.1) is 0 Å². The van der Waals surface area contributed by atoms with E-state index in [-0.39, 0.29) is 0 Å². The third-order valence-corrected chi connectivity index (χ3v) is 4.83. The summed E-state index contributed by atoms with van der Waals surface area (Å²) in [6.45, 7) is 4.61. The first-order chi connectivity index (χ1) is 11.7. The molecule has 0 aliphatic rings. The maximum atomic E-state index is 2.37. The van der Waals surface area contributed by atoms with Crippen molar-refractivity contribution in [3.63, 3.8) is 0 Å². The van der Waals surface area contributed by atoms with Crippen LogP contribution in [0.15, 0.2) is 78.9 Å². The summed E-state index contributed by atoms with van der Waals surface area (Å²) < 4.78 is 0. The first-order valence-electron chi connectivity index (χ1n) is 8.70. The van der Waals surface area contributed by atoms with Crippen molar-refractivity contribution in [1.29, 1.82) is 0 Å². The van der Waals surface area contributed by atoms with Crippen LogP contribution in [0.2, 0.25) is 0 Å². The van der Waals surface area contributed by atoms with Crippen molar-refractivity contribution in [2.45, 2.75) is 26.2 Å². The highest BCUT2D eigenvalue weighted by Gasteiger charge is 2.12. The molecular weight excluding hydrogens is 288 g/mol. The van der Waals surface area contributed by atoms with Gasteiger partial charge in [0.1, 0.15) is 0 Å². The minimum Gasteiger partial charge on any atom is -0.0622 e. The first kappa shape index (κ1) is 15.0. The van der Waals surface area contributed by atoms with Crippen LogP contribution in [-0.2, 0) is 6.42 Å². The lowest BCUT2D eigenvalue weighted by Crippen LogP contribution is -1.99. The average molecular weight is 310 g/mol. The molecule has 0 aliphatic carbocycles. The highest BCUT2D eigenvalue weighted by Crippen LogP contribution is 2.33. The Morgan fingerprint density at radius 1 is 0.667 bits per heavy atom. The van der Waals surface area contributed by atoms with E-state index < -0.39 is 0 Å². The van der Waals surface area contributed by atoms with Gasteiger partial charge in [-0.3, -0.25) is 0 Å². The van der Waals surface area contributed by atoms with Gasteiger partial charge in [0.25, 0.3) is 0 Å². The molecule has 0 saturated heterocycles. The zero-order valence-electron chi connectivity index (χ0n) is 14.3. The molecule has 0 nitrogen and oxygen atoms in total. The normalized spacial score (nSPS) is 11.5. The van der Waals surface area contributed by atoms with Crippen molar-refractivity contribution in [2.24, 2.45) is 0 Å². The summed E-state index contributed by atoms with van der Waals surface area (Å²) in [5, 5.41) is 5.38. The molecule has 0 unspecified atom stereocenters. The van der Waals surface area contributed by atoms with Gasteiger partial charge in [-0.05, 0) is 62.7 Å². The second kappa shape index (κ2) is 6.13. The third kappa shape index (κ3) is 2.69. The zero-order valence-corrected chi connectivity index (χ0v) is 14.3. The van der Waals surface area contributed by atoms with Crippen LogP contribution in [0.5, 0.6) is 0 Å². The Balaban J connectivity index is 1.94. The van der Waals surface area contributed by atoms with Crippen LogP contribution in [0.25, 0.3) is 21.5 Å². The predicted molar refractivity (Wildman–Crippen MR) is 105 cm³/mol. The molecule has 24 heavy (non-hydrogen) atoms. The van der Waals surface area contributed by atoms with E-state index in [2.05, 4.69) is 92.7 Å². The molecule has 0 heteroatoms. The molecule has 0 spiro atoms. The van der Waals surface area contributed by atoms with Gasteiger partial charge >= 0.3 is 0 Å². The van der Waals surface area contributed by atoms with Crippen molar-refractivity contribution in [2.75, 3.05) is 0 Å². The molecular formula is C24H22. The van der Waals surface area contributed by atoms with Gasteiger partial charge in [0, 0.05) is 0 Å². The fourth-order valence-corrected chi connectivity index (χ4v) is 3.73. The van der Waals surface area contributed by atoms with Crippen LogP contribution in [0.4, 0.5) is 0 Å². The molecule has 0 heterocycles. The monoisotopic (exact) mass is 310 g/mol. The van der Waals surface area contributed by atoms with Crippen molar-refractivity contribution in [1.82, 2.24) is 0 Å². The van der Waals surface area contributed by atoms with E-state index in [1.54, 1.807) is 0 Å². The molecule has 0 radical (unpaired) electrons. The van der Waals surface area contributed by atoms with E-state index in [1.165, 1.54) is 38.2 Å². The highest BCUT2D eigenvalue weighted by molar-refractivity contribution is 6.00. The molecule has 0 bridgehead atoms. The van der Waals surface area contributed by atoms with Gasteiger partial charge in [0.2, 0.25) is 0 Å². The molecule has 118 valence electrons. The zero-order chi connectivity index (χ0) is 16.5. The number of hydrogen-bond acceptors (Lipinski definition) is 0. The Morgan fingerprint density at radius 3 is 2.04 bits per heavy atom. The highest BCUT2D eigenvalue weighted by atomic mass is 14.2. The SMILES string of the molecule is CC(C)c1c(Cc2ccccc2)ccc2cc3ccccc3cc12. The molecule has 0 atom stereocenters. The number of fused-ring (bicyclic) bond motifs is 2. The van der Waals surface area contributed by atoms with Crippen LogP contribution in [0.3, 0.4) is 0 Å². The summed E-state index contributed by atoms with van der Waals surface area (Å²) in [4.78, 5) is 0. The van der Waals surface area contributed by atoms with E-state index in [0.29, 0.717) is 5.92 Å². The Kier molecular flexibility index (Phi) is 3.82. The second-order valence-corrected chi connectivity index (χ2v) is 6.88. The summed E-state index contributed by atoms with van der Waals surface area (Å²) in [5.74, 6) is 0.508. The van der Waals surface area contributed by atoms with E-state index in [9.17, 15) is 0 Å². The smallest absolute Gasteiger partial charge is 0.00227 e. The van der Waals surface area contributed by atoms with Gasteiger partial charge < -0.3 is 0 Å². The van der Waals surface area contributed by atoms with E-state index in [1.807, 2.05) is 0 Å². The Morgan fingerprint density at radius 2 is 1.33 bits per heavy atom. The van der Waals surface area contributed by atoms with E-state index in [0.717, 1.165) is 6.42 Å². The predicted octanol–water partition coefficient (Wildman–Crippen LogP) is 6.71. The molecule has 4 rings (SSSR count). The minimum atomic E-state index is 0.508. The lowest BCUT2D eigenvalue weighted by atomic mass is 9.87. The second-order valence-electron chi connectivity index (χ2n) is 6.88. The maximum Gasteiger partial charge on any atom is -0.00227 e. The molecule has 4 aromatic carbocycles. The van der Waals surface area contributed by atoms with E-state index in [4.69, 9.17) is 0 Å². The van der Waals surface area contributed by atoms with Gasteiger partial charge in [0.15, 0.2) is 0 Å².